The third-order valence-corrected chi connectivity index (χ3v) is 2.69. The Morgan fingerprint density at radius 1 is 1.47 bits per heavy atom. The molecule has 1 atom stereocenters. The summed E-state index contributed by atoms with van der Waals surface area (Å²) in [6.45, 7) is 5.43. The molecule has 84 valence electrons. The molecule has 2 nitrogen and oxygen atoms in total. The first-order chi connectivity index (χ1) is 7.24. The molecule has 0 spiro atoms. The highest BCUT2D eigenvalue weighted by atomic mass is 35.5. The number of rotatable bonds is 6. The minimum Gasteiger partial charge on any atom is -0.310 e. The lowest BCUT2D eigenvalue weighted by Crippen LogP contribution is -2.19. The van der Waals surface area contributed by atoms with Crippen molar-refractivity contribution in [2.24, 2.45) is 0 Å². The zero-order valence-corrected chi connectivity index (χ0v) is 10.2. The monoisotopic (exact) mass is 226 g/mol. The lowest BCUT2D eigenvalue weighted by molar-refractivity contribution is 0.543. The predicted molar refractivity (Wildman–Crippen MR) is 65.2 cm³/mol. The summed E-state index contributed by atoms with van der Waals surface area (Å²) >= 11 is 5.83. The van der Waals surface area contributed by atoms with Crippen molar-refractivity contribution in [1.29, 1.82) is 0 Å². The van der Waals surface area contributed by atoms with Crippen LogP contribution in [0.4, 0.5) is 0 Å². The molecule has 0 aromatic carbocycles. The highest BCUT2D eigenvalue weighted by Crippen LogP contribution is 2.15. The fraction of sp³-hybridized carbons (Fsp3) is 0.583. The SMILES string of the molecule is CCCCCNC(C)c1ccnc(Cl)c1. The lowest BCUT2D eigenvalue weighted by atomic mass is 10.1. The summed E-state index contributed by atoms with van der Waals surface area (Å²) in [6.07, 6.45) is 5.54. The van der Waals surface area contributed by atoms with Crippen LogP contribution in [0.1, 0.15) is 44.7 Å². The predicted octanol–water partition coefficient (Wildman–Crippen LogP) is 3.58. The average molecular weight is 227 g/mol. The van der Waals surface area contributed by atoms with Crippen LogP contribution in [-0.4, -0.2) is 11.5 Å². The second-order valence-electron chi connectivity index (χ2n) is 3.79. The van der Waals surface area contributed by atoms with Crippen molar-refractivity contribution in [2.45, 2.75) is 39.2 Å². The van der Waals surface area contributed by atoms with E-state index in [0.717, 1.165) is 6.54 Å². The molecule has 0 saturated carbocycles. The number of hydrogen-bond donors (Lipinski definition) is 1. The van der Waals surface area contributed by atoms with Gasteiger partial charge in [-0.3, -0.25) is 0 Å². The van der Waals surface area contributed by atoms with Crippen LogP contribution < -0.4 is 5.32 Å². The second-order valence-corrected chi connectivity index (χ2v) is 4.18. The molecule has 1 aromatic heterocycles. The number of pyridine rings is 1. The minimum absolute atomic E-state index is 0.349. The van der Waals surface area contributed by atoms with E-state index in [-0.39, 0.29) is 0 Å². The van der Waals surface area contributed by atoms with E-state index in [1.807, 2.05) is 12.1 Å². The lowest BCUT2D eigenvalue weighted by Gasteiger charge is -2.13. The number of nitrogens with zero attached hydrogens (tertiary/aromatic N) is 1. The quantitative estimate of drug-likeness (QED) is 0.593. The van der Waals surface area contributed by atoms with Gasteiger partial charge in [0.15, 0.2) is 0 Å². The summed E-state index contributed by atoms with van der Waals surface area (Å²) in [5, 5.41) is 4.04. The fourth-order valence-electron chi connectivity index (χ4n) is 1.50. The molecule has 0 amide bonds. The Hall–Kier alpha value is -0.600. The molecule has 1 heterocycles. The smallest absolute Gasteiger partial charge is 0.129 e. The van der Waals surface area contributed by atoms with Gasteiger partial charge in [-0.25, -0.2) is 4.98 Å². The van der Waals surface area contributed by atoms with Crippen molar-refractivity contribution in [2.75, 3.05) is 6.54 Å². The van der Waals surface area contributed by atoms with Crippen molar-refractivity contribution in [3.05, 3.63) is 29.0 Å². The Morgan fingerprint density at radius 3 is 2.93 bits per heavy atom. The van der Waals surface area contributed by atoms with Crippen molar-refractivity contribution >= 4 is 11.6 Å². The molecule has 1 N–H and O–H groups in total. The first-order valence-electron chi connectivity index (χ1n) is 5.59. The largest absolute Gasteiger partial charge is 0.310 e. The number of aromatic nitrogens is 1. The molecule has 0 aliphatic carbocycles. The summed E-state index contributed by atoms with van der Waals surface area (Å²) in [7, 11) is 0. The molecule has 0 saturated heterocycles. The van der Waals surface area contributed by atoms with E-state index in [1.165, 1.54) is 24.8 Å². The minimum atomic E-state index is 0.349. The topological polar surface area (TPSA) is 24.9 Å². The van der Waals surface area contributed by atoms with Gasteiger partial charge < -0.3 is 5.32 Å². The Labute approximate surface area is 97.1 Å². The van der Waals surface area contributed by atoms with Gasteiger partial charge in [0, 0.05) is 12.2 Å². The molecular weight excluding hydrogens is 208 g/mol. The molecule has 3 heteroatoms. The maximum atomic E-state index is 5.83. The van der Waals surface area contributed by atoms with Gasteiger partial charge in [0.2, 0.25) is 0 Å². The van der Waals surface area contributed by atoms with E-state index in [0.29, 0.717) is 11.2 Å². The average Bonchev–Trinajstić information content (AvgIpc) is 2.24. The van der Waals surface area contributed by atoms with Crippen LogP contribution >= 0.6 is 11.6 Å². The van der Waals surface area contributed by atoms with Gasteiger partial charge in [0.05, 0.1) is 0 Å². The molecule has 1 rings (SSSR count). The van der Waals surface area contributed by atoms with Gasteiger partial charge in [0.1, 0.15) is 5.15 Å². The number of nitrogens with one attached hydrogen (secondary N) is 1. The number of hydrogen-bond acceptors (Lipinski definition) is 2. The van der Waals surface area contributed by atoms with Crippen molar-refractivity contribution in [3.8, 4) is 0 Å². The Kier molecular flexibility index (Phi) is 5.66. The molecule has 1 aromatic rings. The molecule has 0 bridgehead atoms. The van der Waals surface area contributed by atoms with Crippen molar-refractivity contribution in [1.82, 2.24) is 10.3 Å². The van der Waals surface area contributed by atoms with Gasteiger partial charge in [0.25, 0.3) is 0 Å². The van der Waals surface area contributed by atoms with E-state index in [1.54, 1.807) is 6.20 Å². The Bertz CT molecular complexity index is 289. The van der Waals surface area contributed by atoms with Crippen LogP contribution in [0.5, 0.6) is 0 Å². The maximum absolute atomic E-state index is 5.83. The van der Waals surface area contributed by atoms with E-state index in [2.05, 4.69) is 24.1 Å². The summed E-state index contributed by atoms with van der Waals surface area (Å²) in [5.74, 6) is 0. The molecule has 0 radical (unpaired) electrons. The summed E-state index contributed by atoms with van der Waals surface area (Å²) in [6, 6.07) is 4.27. The zero-order chi connectivity index (χ0) is 11.1. The van der Waals surface area contributed by atoms with E-state index < -0.39 is 0 Å². The van der Waals surface area contributed by atoms with Crippen LogP contribution in [0.15, 0.2) is 18.3 Å². The van der Waals surface area contributed by atoms with Crippen LogP contribution in [0, 0.1) is 0 Å². The van der Waals surface area contributed by atoms with Crippen LogP contribution in [0.25, 0.3) is 0 Å². The molecule has 15 heavy (non-hydrogen) atoms. The van der Waals surface area contributed by atoms with Crippen molar-refractivity contribution < 1.29 is 0 Å². The highest BCUT2D eigenvalue weighted by Gasteiger charge is 2.04. The van der Waals surface area contributed by atoms with Crippen LogP contribution in [0.3, 0.4) is 0 Å². The van der Waals surface area contributed by atoms with E-state index in [9.17, 15) is 0 Å². The van der Waals surface area contributed by atoms with Crippen molar-refractivity contribution in [3.63, 3.8) is 0 Å². The van der Waals surface area contributed by atoms with E-state index in [4.69, 9.17) is 11.6 Å². The number of unbranched alkanes of at least 4 members (excludes halogenated alkanes) is 2. The van der Waals surface area contributed by atoms with Crippen LogP contribution in [-0.2, 0) is 0 Å². The first-order valence-corrected chi connectivity index (χ1v) is 5.96. The van der Waals surface area contributed by atoms with Crippen LogP contribution in [0.2, 0.25) is 5.15 Å². The zero-order valence-electron chi connectivity index (χ0n) is 9.46. The van der Waals surface area contributed by atoms with E-state index >= 15 is 0 Å². The molecule has 1 unspecified atom stereocenters. The summed E-state index contributed by atoms with van der Waals surface area (Å²) in [5.41, 5.74) is 1.20. The molecular formula is C12H19ClN2. The maximum Gasteiger partial charge on any atom is 0.129 e. The summed E-state index contributed by atoms with van der Waals surface area (Å²) in [4.78, 5) is 3.97. The fourth-order valence-corrected chi connectivity index (χ4v) is 1.68. The summed E-state index contributed by atoms with van der Waals surface area (Å²) < 4.78 is 0. The Morgan fingerprint density at radius 2 is 2.27 bits per heavy atom. The third kappa shape index (κ3) is 4.63. The molecule has 0 aliphatic rings. The molecule has 0 aliphatic heterocycles. The Balaban J connectivity index is 2.36. The first kappa shape index (κ1) is 12.5. The van der Waals surface area contributed by atoms with Gasteiger partial charge in [-0.1, -0.05) is 31.4 Å². The van der Waals surface area contributed by atoms with Gasteiger partial charge in [-0.2, -0.15) is 0 Å². The van der Waals surface area contributed by atoms with Gasteiger partial charge >= 0.3 is 0 Å². The normalized spacial score (nSPS) is 12.7. The standard InChI is InChI=1S/C12H19ClN2/c1-3-4-5-7-14-10(2)11-6-8-15-12(13)9-11/h6,8-10,14H,3-5,7H2,1-2H3. The van der Waals surface area contributed by atoms with Gasteiger partial charge in [-0.05, 0) is 37.6 Å². The third-order valence-electron chi connectivity index (χ3n) is 2.48. The van der Waals surface area contributed by atoms with Gasteiger partial charge in [-0.15, -0.1) is 0 Å². The second kappa shape index (κ2) is 6.81. The highest BCUT2D eigenvalue weighted by molar-refractivity contribution is 6.29. The molecule has 0 fully saturated rings. The number of halogens is 1.